The first kappa shape index (κ1) is 15.1. The van der Waals surface area contributed by atoms with Gasteiger partial charge in [0.15, 0.2) is 0 Å². The monoisotopic (exact) mass is 323 g/mol. The molecule has 106 valence electrons. The standard InChI is InChI=1S/C17H26BrN/c1-4-13-5-7-14(8-6-13)17(19-3)15-9-12(2)10-16(18)11-15/h9-11,13-14,17,19H,4-8H2,1-3H3. The van der Waals surface area contributed by atoms with E-state index in [2.05, 4.69) is 60.3 Å². The summed E-state index contributed by atoms with van der Waals surface area (Å²) < 4.78 is 1.20. The summed E-state index contributed by atoms with van der Waals surface area (Å²) in [5.74, 6) is 1.76. The van der Waals surface area contributed by atoms with E-state index in [0.717, 1.165) is 11.8 Å². The lowest BCUT2D eigenvalue weighted by molar-refractivity contribution is 0.224. The van der Waals surface area contributed by atoms with Gasteiger partial charge in [-0.3, -0.25) is 0 Å². The van der Waals surface area contributed by atoms with E-state index < -0.39 is 0 Å². The van der Waals surface area contributed by atoms with Gasteiger partial charge in [-0.2, -0.15) is 0 Å². The lowest BCUT2D eigenvalue weighted by Gasteiger charge is -2.34. The Bertz CT molecular complexity index is 387. The molecule has 0 saturated heterocycles. The number of hydrogen-bond donors (Lipinski definition) is 1. The number of benzene rings is 1. The lowest BCUT2D eigenvalue weighted by atomic mass is 9.76. The van der Waals surface area contributed by atoms with Crippen LogP contribution in [0.1, 0.15) is 56.2 Å². The van der Waals surface area contributed by atoms with Gasteiger partial charge in [-0.1, -0.05) is 48.2 Å². The molecule has 2 heteroatoms. The SMILES string of the molecule is CCC1CCC(C(NC)c2cc(C)cc(Br)c2)CC1. The van der Waals surface area contributed by atoms with Crippen molar-refractivity contribution in [1.82, 2.24) is 5.32 Å². The molecule has 1 N–H and O–H groups in total. The molecule has 0 aromatic heterocycles. The summed E-state index contributed by atoms with van der Waals surface area (Å²) in [5, 5.41) is 3.55. The fraction of sp³-hybridized carbons (Fsp3) is 0.647. The molecule has 1 saturated carbocycles. The molecule has 0 heterocycles. The maximum atomic E-state index is 3.63. The quantitative estimate of drug-likeness (QED) is 0.799. The van der Waals surface area contributed by atoms with E-state index in [0.29, 0.717) is 6.04 Å². The summed E-state index contributed by atoms with van der Waals surface area (Å²) in [6.45, 7) is 4.51. The zero-order chi connectivity index (χ0) is 13.8. The Morgan fingerprint density at radius 2 is 1.89 bits per heavy atom. The van der Waals surface area contributed by atoms with Crippen molar-refractivity contribution in [3.8, 4) is 0 Å². The summed E-state index contributed by atoms with van der Waals surface area (Å²) in [6, 6.07) is 7.30. The molecular formula is C17H26BrN. The Balaban J connectivity index is 2.11. The van der Waals surface area contributed by atoms with Gasteiger partial charge in [0.25, 0.3) is 0 Å². The summed E-state index contributed by atoms with van der Waals surface area (Å²) in [4.78, 5) is 0. The predicted molar refractivity (Wildman–Crippen MR) is 86.4 cm³/mol. The maximum absolute atomic E-state index is 3.63. The van der Waals surface area contributed by atoms with E-state index in [9.17, 15) is 0 Å². The van der Waals surface area contributed by atoms with Crippen LogP contribution < -0.4 is 5.32 Å². The molecule has 1 atom stereocenters. The van der Waals surface area contributed by atoms with Crippen LogP contribution in [0.3, 0.4) is 0 Å². The Hall–Kier alpha value is -0.340. The second-order valence-corrected chi connectivity index (χ2v) is 6.93. The molecule has 0 spiro atoms. The predicted octanol–water partition coefficient (Wildman–Crippen LogP) is 5.23. The molecule has 1 unspecified atom stereocenters. The Kier molecular flexibility index (Phi) is 5.47. The molecule has 1 aromatic carbocycles. The maximum Gasteiger partial charge on any atom is 0.0346 e. The summed E-state index contributed by atoms with van der Waals surface area (Å²) in [6.07, 6.45) is 6.91. The molecule has 1 aliphatic carbocycles. The fourth-order valence-corrected chi connectivity index (χ4v) is 4.17. The lowest BCUT2D eigenvalue weighted by Crippen LogP contribution is -2.28. The fourth-order valence-electron chi connectivity index (χ4n) is 3.55. The van der Waals surface area contributed by atoms with Gasteiger partial charge < -0.3 is 5.32 Å². The number of nitrogens with one attached hydrogen (secondary N) is 1. The molecule has 1 nitrogen and oxygen atoms in total. The minimum Gasteiger partial charge on any atom is -0.313 e. The third-order valence-corrected chi connectivity index (χ3v) is 5.13. The highest BCUT2D eigenvalue weighted by Crippen LogP contribution is 2.38. The van der Waals surface area contributed by atoms with Gasteiger partial charge >= 0.3 is 0 Å². The highest BCUT2D eigenvalue weighted by atomic mass is 79.9. The van der Waals surface area contributed by atoms with E-state index in [4.69, 9.17) is 0 Å². The van der Waals surface area contributed by atoms with E-state index in [1.54, 1.807) is 0 Å². The van der Waals surface area contributed by atoms with E-state index in [1.165, 1.54) is 47.7 Å². The zero-order valence-corrected chi connectivity index (χ0v) is 14.0. The van der Waals surface area contributed by atoms with Gasteiger partial charge in [0.1, 0.15) is 0 Å². The number of rotatable bonds is 4. The third kappa shape index (κ3) is 3.82. The van der Waals surface area contributed by atoms with Crippen LogP contribution in [0.25, 0.3) is 0 Å². The highest BCUT2D eigenvalue weighted by Gasteiger charge is 2.27. The molecule has 0 bridgehead atoms. The van der Waals surface area contributed by atoms with Crippen LogP contribution in [0, 0.1) is 18.8 Å². The van der Waals surface area contributed by atoms with Gasteiger partial charge in [-0.15, -0.1) is 0 Å². The molecule has 1 aromatic rings. The van der Waals surface area contributed by atoms with Gasteiger partial charge in [0, 0.05) is 10.5 Å². The van der Waals surface area contributed by atoms with Crippen molar-refractivity contribution in [3.05, 3.63) is 33.8 Å². The first-order valence-corrected chi connectivity index (χ1v) is 8.37. The van der Waals surface area contributed by atoms with Crippen LogP contribution in [-0.4, -0.2) is 7.05 Å². The average Bonchev–Trinajstić information content (AvgIpc) is 2.39. The molecule has 0 amide bonds. The van der Waals surface area contributed by atoms with Crippen molar-refractivity contribution in [2.75, 3.05) is 7.05 Å². The minimum absolute atomic E-state index is 0.508. The van der Waals surface area contributed by atoms with Crippen molar-refractivity contribution in [2.45, 2.75) is 52.0 Å². The molecule has 1 fully saturated rings. The van der Waals surface area contributed by atoms with Crippen molar-refractivity contribution < 1.29 is 0 Å². The largest absolute Gasteiger partial charge is 0.313 e. The van der Waals surface area contributed by atoms with E-state index in [1.807, 2.05) is 0 Å². The second-order valence-electron chi connectivity index (χ2n) is 6.02. The molecule has 1 aliphatic rings. The van der Waals surface area contributed by atoms with Crippen molar-refractivity contribution in [2.24, 2.45) is 11.8 Å². The molecule has 0 radical (unpaired) electrons. The molecule has 2 rings (SSSR count). The van der Waals surface area contributed by atoms with Crippen LogP contribution in [0.2, 0.25) is 0 Å². The normalized spacial score (nSPS) is 25.3. The van der Waals surface area contributed by atoms with Crippen LogP contribution in [0.4, 0.5) is 0 Å². The Labute approximate surface area is 126 Å². The van der Waals surface area contributed by atoms with E-state index in [-0.39, 0.29) is 0 Å². The third-order valence-electron chi connectivity index (χ3n) is 4.67. The smallest absolute Gasteiger partial charge is 0.0346 e. The van der Waals surface area contributed by atoms with Gasteiger partial charge in [-0.25, -0.2) is 0 Å². The summed E-state index contributed by atoms with van der Waals surface area (Å²) in [5.41, 5.74) is 2.78. The number of halogens is 1. The van der Waals surface area contributed by atoms with Gasteiger partial charge in [0.05, 0.1) is 0 Å². The molecule has 0 aliphatic heterocycles. The first-order valence-electron chi connectivity index (χ1n) is 7.58. The van der Waals surface area contributed by atoms with Gasteiger partial charge in [-0.05, 0) is 61.9 Å². The molecular weight excluding hydrogens is 298 g/mol. The van der Waals surface area contributed by atoms with Crippen LogP contribution >= 0.6 is 15.9 Å². The van der Waals surface area contributed by atoms with E-state index >= 15 is 0 Å². The second kappa shape index (κ2) is 6.90. The van der Waals surface area contributed by atoms with Crippen LogP contribution in [-0.2, 0) is 0 Å². The highest BCUT2D eigenvalue weighted by molar-refractivity contribution is 9.10. The summed E-state index contributed by atoms with van der Waals surface area (Å²) >= 11 is 3.63. The van der Waals surface area contributed by atoms with Crippen molar-refractivity contribution in [1.29, 1.82) is 0 Å². The van der Waals surface area contributed by atoms with Crippen LogP contribution in [0.5, 0.6) is 0 Å². The summed E-state index contributed by atoms with van der Waals surface area (Å²) in [7, 11) is 2.10. The minimum atomic E-state index is 0.508. The number of hydrogen-bond acceptors (Lipinski definition) is 1. The zero-order valence-electron chi connectivity index (χ0n) is 12.4. The molecule has 19 heavy (non-hydrogen) atoms. The number of aryl methyl sites for hydroxylation is 1. The Morgan fingerprint density at radius 3 is 2.42 bits per heavy atom. The average molecular weight is 324 g/mol. The first-order chi connectivity index (χ1) is 9.13. The topological polar surface area (TPSA) is 12.0 Å². The van der Waals surface area contributed by atoms with Gasteiger partial charge in [0.2, 0.25) is 0 Å². The Morgan fingerprint density at radius 1 is 1.21 bits per heavy atom. The van der Waals surface area contributed by atoms with Crippen molar-refractivity contribution >= 4 is 15.9 Å². The van der Waals surface area contributed by atoms with Crippen molar-refractivity contribution in [3.63, 3.8) is 0 Å². The van der Waals surface area contributed by atoms with Crippen LogP contribution in [0.15, 0.2) is 22.7 Å².